The van der Waals surface area contributed by atoms with Crippen LogP contribution in [-0.2, 0) is 0 Å². The second-order valence-electron chi connectivity index (χ2n) is 6.97. The van der Waals surface area contributed by atoms with E-state index in [1.807, 2.05) is 62.4 Å². The first-order valence-electron chi connectivity index (χ1n) is 9.15. The first kappa shape index (κ1) is 17.3. The first-order valence-corrected chi connectivity index (χ1v) is 9.15. The Morgan fingerprint density at radius 1 is 1.15 bits per heavy atom. The molecule has 138 valence electrons. The summed E-state index contributed by atoms with van der Waals surface area (Å²) in [5, 5.41) is 7.07. The van der Waals surface area contributed by atoms with Crippen molar-refractivity contribution in [1.82, 2.24) is 15.0 Å². The zero-order valence-corrected chi connectivity index (χ0v) is 15.5. The largest absolute Gasteiger partial charge is 0.337 e. The molecule has 0 unspecified atom stereocenters. The number of hydrogen-bond donors (Lipinski definition) is 1. The third-order valence-corrected chi connectivity index (χ3v) is 4.82. The number of hydrogen-bond acceptors (Lipinski definition) is 4. The monoisotopic (exact) mass is 362 g/mol. The van der Waals surface area contributed by atoms with E-state index in [0.717, 1.165) is 29.7 Å². The van der Waals surface area contributed by atoms with Gasteiger partial charge in [0, 0.05) is 17.8 Å². The number of nitrogens with one attached hydrogen (secondary N) is 1. The fourth-order valence-corrected chi connectivity index (χ4v) is 3.38. The Hall–Kier alpha value is -3.15. The van der Waals surface area contributed by atoms with Gasteiger partial charge in [0.15, 0.2) is 0 Å². The molecule has 27 heavy (non-hydrogen) atoms. The molecule has 1 N–H and O–H groups in total. The highest BCUT2D eigenvalue weighted by Crippen LogP contribution is 2.32. The van der Waals surface area contributed by atoms with Crippen molar-refractivity contribution in [3.63, 3.8) is 0 Å². The van der Waals surface area contributed by atoms with Crippen molar-refractivity contribution in [3.05, 3.63) is 65.5 Å². The highest BCUT2D eigenvalue weighted by Gasteiger charge is 2.34. The van der Waals surface area contributed by atoms with Crippen LogP contribution >= 0.6 is 0 Å². The molecule has 1 fully saturated rings. The van der Waals surface area contributed by atoms with Gasteiger partial charge in [0.25, 0.3) is 0 Å². The van der Waals surface area contributed by atoms with Crippen LogP contribution < -0.4 is 5.32 Å². The molecule has 0 saturated carbocycles. The first-order chi connectivity index (χ1) is 13.1. The van der Waals surface area contributed by atoms with Crippen molar-refractivity contribution >= 4 is 11.7 Å². The van der Waals surface area contributed by atoms with E-state index in [0.29, 0.717) is 18.3 Å². The summed E-state index contributed by atoms with van der Waals surface area (Å²) in [5.41, 5.74) is 3.98. The minimum absolute atomic E-state index is 0.141. The van der Waals surface area contributed by atoms with Crippen molar-refractivity contribution in [3.8, 4) is 11.4 Å². The molecular weight excluding hydrogens is 340 g/mol. The van der Waals surface area contributed by atoms with Crippen molar-refractivity contribution in [2.24, 2.45) is 0 Å². The summed E-state index contributed by atoms with van der Waals surface area (Å²) in [6, 6.07) is 15.4. The van der Waals surface area contributed by atoms with Crippen LogP contribution in [0.2, 0.25) is 0 Å². The number of likely N-dealkylation sites (tertiary alicyclic amines) is 1. The number of benzene rings is 2. The van der Waals surface area contributed by atoms with E-state index in [9.17, 15) is 4.79 Å². The van der Waals surface area contributed by atoms with Crippen LogP contribution in [0.3, 0.4) is 0 Å². The van der Waals surface area contributed by atoms with Gasteiger partial charge in [-0.25, -0.2) is 4.79 Å². The zero-order valence-electron chi connectivity index (χ0n) is 15.5. The summed E-state index contributed by atoms with van der Waals surface area (Å²) < 4.78 is 5.50. The number of carbonyl (C=O) groups is 1. The molecule has 0 bridgehead atoms. The molecule has 0 radical (unpaired) electrons. The van der Waals surface area contributed by atoms with Crippen LogP contribution in [0.1, 0.15) is 35.9 Å². The topological polar surface area (TPSA) is 71.3 Å². The van der Waals surface area contributed by atoms with Crippen LogP contribution in [0.15, 0.2) is 53.1 Å². The predicted octanol–water partition coefficient (Wildman–Crippen LogP) is 4.72. The molecular formula is C21H22N4O2. The van der Waals surface area contributed by atoms with Crippen molar-refractivity contribution in [2.45, 2.75) is 32.7 Å². The highest BCUT2D eigenvalue weighted by molar-refractivity contribution is 5.89. The summed E-state index contributed by atoms with van der Waals surface area (Å²) in [6.45, 7) is 4.71. The molecule has 1 aliphatic rings. The number of carbonyl (C=O) groups excluding carboxylic acids is 1. The van der Waals surface area contributed by atoms with Crippen LogP contribution in [0, 0.1) is 13.8 Å². The lowest BCUT2D eigenvalue weighted by atomic mass is 10.1. The molecule has 2 aromatic carbocycles. The average Bonchev–Trinajstić information content (AvgIpc) is 3.31. The molecule has 1 saturated heterocycles. The van der Waals surface area contributed by atoms with Crippen LogP contribution in [0.5, 0.6) is 0 Å². The molecule has 0 spiro atoms. The number of aryl methyl sites for hydroxylation is 2. The van der Waals surface area contributed by atoms with Gasteiger partial charge < -0.3 is 14.7 Å². The lowest BCUT2D eigenvalue weighted by Crippen LogP contribution is -2.34. The molecule has 3 aromatic rings. The van der Waals surface area contributed by atoms with Gasteiger partial charge in [-0.15, -0.1) is 0 Å². The summed E-state index contributed by atoms with van der Waals surface area (Å²) in [7, 11) is 0. The van der Waals surface area contributed by atoms with E-state index in [1.54, 1.807) is 4.90 Å². The Kier molecular flexibility index (Phi) is 4.62. The second-order valence-corrected chi connectivity index (χ2v) is 6.97. The standard InChI is InChI=1S/C21H22N4O2/c1-14-8-10-16(11-9-14)19-23-20(27-24-19)18-7-4-12-25(18)21(26)22-17-6-3-5-15(2)13-17/h3,5-6,8-11,13,18H,4,7,12H2,1-2H3,(H,22,26)/t18-/m0/s1. The maximum Gasteiger partial charge on any atom is 0.322 e. The predicted molar refractivity (Wildman–Crippen MR) is 103 cm³/mol. The van der Waals surface area contributed by atoms with Gasteiger partial charge in [0.05, 0.1) is 0 Å². The third kappa shape index (κ3) is 3.69. The second kappa shape index (κ2) is 7.23. The molecule has 6 nitrogen and oxygen atoms in total. The maximum atomic E-state index is 12.7. The minimum Gasteiger partial charge on any atom is -0.337 e. The summed E-state index contributed by atoms with van der Waals surface area (Å²) in [6.07, 6.45) is 1.73. The molecule has 6 heteroatoms. The van der Waals surface area contributed by atoms with Gasteiger partial charge in [-0.3, -0.25) is 0 Å². The summed E-state index contributed by atoms with van der Waals surface area (Å²) in [5.74, 6) is 1.04. The Morgan fingerprint density at radius 2 is 1.96 bits per heavy atom. The third-order valence-electron chi connectivity index (χ3n) is 4.82. The van der Waals surface area contributed by atoms with E-state index in [4.69, 9.17) is 4.52 Å². The van der Waals surface area contributed by atoms with Crippen LogP contribution in [-0.4, -0.2) is 27.6 Å². The molecule has 1 aromatic heterocycles. The molecule has 2 amide bonds. The normalized spacial score (nSPS) is 16.5. The number of urea groups is 1. The van der Waals surface area contributed by atoms with Gasteiger partial charge >= 0.3 is 6.03 Å². The molecule has 0 aliphatic carbocycles. The Morgan fingerprint density at radius 3 is 2.74 bits per heavy atom. The SMILES string of the molecule is Cc1ccc(-c2noc([C@@H]3CCCN3C(=O)Nc3cccc(C)c3)n2)cc1. The lowest BCUT2D eigenvalue weighted by Gasteiger charge is -2.22. The van der Waals surface area contributed by atoms with Gasteiger partial charge in [0.2, 0.25) is 11.7 Å². The molecule has 2 heterocycles. The van der Waals surface area contributed by atoms with E-state index < -0.39 is 0 Å². The van der Waals surface area contributed by atoms with Crippen molar-refractivity contribution in [1.29, 1.82) is 0 Å². The molecule has 1 atom stereocenters. The minimum atomic E-state index is -0.193. The van der Waals surface area contributed by atoms with Gasteiger partial charge in [0.1, 0.15) is 6.04 Å². The molecule has 1 aliphatic heterocycles. The fraction of sp³-hybridized carbons (Fsp3) is 0.286. The lowest BCUT2D eigenvalue weighted by molar-refractivity contribution is 0.193. The maximum absolute atomic E-state index is 12.7. The smallest absolute Gasteiger partial charge is 0.322 e. The number of amides is 2. The number of aromatic nitrogens is 2. The van der Waals surface area contributed by atoms with E-state index in [2.05, 4.69) is 15.5 Å². The summed E-state index contributed by atoms with van der Waals surface area (Å²) >= 11 is 0. The Labute approximate surface area is 158 Å². The van der Waals surface area contributed by atoms with Crippen LogP contribution in [0.25, 0.3) is 11.4 Å². The quantitative estimate of drug-likeness (QED) is 0.732. The van der Waals surface area contributed by atoms with E-state index >= 15 is 0 Å². The van der Waals surface area contributed by atoms with Crippen molar-refractivity contribution in [2.75, 3.05) is 11.9 Å². The van der Waals surface area contributed by atoms with Gasteiger partial charge in [-0.1, -0.05) is 47.1 Å². The zero-order chi connectivity index (χ0) is 18.8. The summed E-state index contributed by atoms with van der Waals surface area (Å²) in [4.78, 5) is 19.1. The highest BCUT2D eigenvalue weighted by atomic mass is 16.5. The Balaban J connectivity index is 1.51. The molecule has 4 rings (SSSR count). The number of rotatable bonds is 3. The van der Waals surface area contributed by atoms with E-state index in [-0.39, 0.29) is 12.1 Å². The fourth-order valence-electron chi connectivity index (χ4n) is 3.38. The van der Waals surface area contributed by atoms with Crippen molar-refractivity contribution < 1.29 is 9.32 Å². The van der Waals surface area contributed by atoms with E-state index in [1.165, 1.54) is 5.56 Å². The Bertz CT molecular complexity index is 949. The number of anilines is 1. The average molecular weight is 362 g/mol. The van der Waals surface area contributed by atoms with Gasteiger partial charge in [-0.05, 0) is 44.4 Å². The number of nitrogens with zero attached hydrogens (tertiary/aromatic N) is 3. The van der Waals surface area contributed by atoms with Gasteiger partial charge in [-0.2, -0.15) is 4.98 Å². The van der Waals surface area contributed by atoms with Crippen LogP contribution in [0.4, 0.5) is 10.5 Å².